The molecule has 0 bridgehead atoms. The summed E-state index contributed by atoms with van der Waals surface area (Å²) in [5.41, 5.74) is 6.92. The highest BCUT2D eigenvalue weighted by atomic mass is 15.2. The van der Waals surface area contributed by atoms with Crippen molar-refractivity contribution in [3.8, 4) is 0 Å². The maximum atomic E-state index is 3.56. The number of aryl methyl sites for hydroxylation is 1. The minimum Gasteiger partial charge on any atom is -0.370 e. The molecule has 1 aliphatic carbocycles. The molecule has 1 saturated carbocycles. The van der Waals surface area contributed by atoms with E-state index in [1.54, 1.807) is 11.3 Å². The van der Waals surface area contributed by atoms with Crippen LogP contribution in [0.25, 0.3) is 0 Å². The fraction of sp³-hybridized carbons (Fsp3) is 0.625. The number of hydrogen-bond donors (Lipinski definition) is 1. The van der Waals surface area contributed by atoms with Crippen molar-refractivity contribution in [3.63, 3.8) is 0 Å². The van der Waals surface area contributed by atoms with Gasteiger partial charge in [0, 0.05) is 31.9 Å². The average Bonchev–Trinajstić information content (AvgIpc) is 2.55. The predicted molar refractivity (Wildman–Crippen MR) is 75.2 cm³/mol. The highest BCUT2D eigenvalue weighted by Gasteiger charge is 2.45. The predicted octanol–water partition coefficient (Wildman–Crippen LogP) is 2.73. The molecule has 2 heterocycles. The Kier molecular flexibility index (Phi) is 2.25. The number of hydrogen-bond acceptors (Lipinski definition) is 2. The molecule has 0 atom stereocenters. The fourth-order valence-corrected chi connectivity index (χ4v) is 4.26. The highest BCUT2D eigenvalue weighted by Crippen LogP contribution is 2.54. The van der Waals surface area contributed by atoms with Crippen molar-refractivity contribution in [3.05, 3.63) is 28.8 Å². The van der Waals surface area contributed by atoms with Crippen LogP contribution in [0.3, 0.4) is 0 Å². The molecule has 18 heavy (non-hydrogen) atoms. The first-order valence-corrected chi connectivity index (χ1v) is 7.39. The van der Waals surface area contributed by atoms with Gasteiger partial charge in [-0.25, -0.2) is 0 Å². The van der Waals surface area contributed by atoms with Gasteiger partial charge >= 0.3 is 0 Å². The molecule has 4 rings (SSSR count). The van der Waals surface area contributed by atoms with Crippen LogP contribution in [0.15, 0.2) is 12.1 Å². The zero-order valence-electron chi connectivity index (χ0n) is 11.3. The molecule has 2 heteroatoms. The number of nitrogens with one attached hydrogen (secondary N) is 1. The second kappa shape index (κ2) is 3.74. The van der Waals surface area contributed by atoms with Crippen molar-refractivity contribution < 1.29 is 0 Å². The molecule has 96 valence electrons. The van der Waals surface area contributed by atoms with Crippen LogP contribution in [0, 0.1) is 6.92 Å². The van der Waals surface area contributed by atoms with Gasteiger partial charge in [0.2, 0.25) is 0 Å². The third-order valence-corrected chi connectivity index (χ3v) is 5.36. The van der Waals surface area contributed by atoms with Gasteiger partial charge < -0.3 is 10.2 Å². The van der Waals surface area contributed by atoms with E-state index in [4.69, 9.17) is 0 Å². The minimum absolute atomic E-state index is 0.552. The summed E-state index contributed by atoms with van der Waals surface area (Å²) in [6.45, 7) is 6.94. The smallest absolute Gasteiger partial charge is 0.0453 e. The van der Waals surface area contributed by atoms with Gasteiger partial charge in [0.1, 0.15) is 0 Å². The van der Waals surface area contributed by atoms with E-state index >= 15 is 0 Å². The molecule has 1 spiro atoms. The summed E-state index contributed by atoms with van der Waals surface area (Å²) in [7, 11) is 0. The minimum atomic E-state index is 0.552. The van der Waals surface area contributed by atoms with Crippen molar-refractivity contribution in [1.82, 2.24) is 5.32 Å². The summed E-state index contributed by atoms with van der Waals surface area (Å²) < 4.78 is 0. The Balaban J connectivity index is 1.95. The molecule has 0 unspecified atom stereocenters. The Morgan fingerprint density at radius 1 is 1.17 bits per heavy atom. The Bertz CT molecular complexity index is 488. The molecule has 1 fully saturated rings. The summed E-state index contributed by atoms with van der Waals surface area (Å²) >= 11 is 0. The Hall–Kier alpha value is -1.02. The molecule has 3 aliphatic rings. The Labute approximate surface area is 109 Å². The molecule has 0 saturated heterocycles. The van der Waals surface area contributed by atoms with E-state index in [9.17, 15) is 0 Å². The van der Waals surface area contributed by atoms with E-state index in [1.807, 2.05) is 0 Å². The number of rotatable bonds is 0. The lowest BCUT2D eigenvalue weighted by Crippen LogP contribution is -2.46. The second-order valence-electron chi connectivity index (χ2n) is 6.31. The Morgan fingerprint density at radius 3 is 2.83 bits per heavy atom. The molecule has 1 N–H and O–H groups in total. The van der Waals surface area contributed by atoms with Crippen molar-refractivity contribution in [2.45, 2.75) is 44.6 Å². The fourth-order valence-electron chi connectivity index (χ4n) is 4.26. The largest absolute Gasteiger partial charge is 0.370 e. The summed E-state index contributed by atoms with van der Waals surface area (Å²) in [5, 5.41) is 3.56. The van der Waals surface area contributed by atoms with Crippen LogP contribution in [0.2, 0.25) is 0 Å². The van der Waals surface area contributed by atoms with Gasteiger partial charge in [-0.15, -0.1) is 0 Å². The average molecular weight is 242 g/mol. The molecule has 0 amide bonds. The maximum absolute atomic E-state index is 3.56. The SMILES string of the molecule is Cc1ccc2c3c1C1(CCC1)CCN3CCNC2. The zero-order valence-corrected chi connectivity index (χ0v) is 11.3. The van der Waals surface area contributed by atoms with Gasteiger partial charge in [0.25, 0.3) is 0 Å². The van der Waals surface area contributed by atoms with Crippen LogP contribution in [0.4, 0.5) is 5.69 Å². The molecule has 2 nitrogen and oxygen atoms in total. The second-order valence-corrected chi connectivity index (χ2v) is 6.31. The summed E-state index contributed by atoms with van der Waals surface area (Å²) in [5.74, 6) is 0. The first-order valence-electron chi connectivity index (χ1n) is 7.39. The van der Waals surface area contributed by atoms with E-state index in [-0.39, 0.29) is 0 Å². The number of anilines is 1. The van der Waals surface area contributed by atoms with Crippen LogP contribution in [-0.4, -0.2) is 19.6 Å². The quantitative estimate of drug-likeness (QED) is 0.752. The Morgan fingerprint density at radius 2 is 2.06 bits per heavy atom. The van der Waals surface area contributed by atoms with Crippen molar-refractivity contribution >= 4 is 5.69 Å². The van der Waals surface area contributed by atoms with Gasteiger partial charge in [0.05, 0.1) is 0 Å². The monoisotopic (exact) mass is 242 g/mol. The van der Waals surface area contributed by atoms with Crippen molar-refractivity contribution in [2.75, 3.05) is 24.5 Å². The molecular weight excluding hydrogens is 220 g/mol. The van der Waals surface area contributed by atoms with E-state index in [0.29, 0.717) is 5.41 Å². The number of fused-ring (bicyclic) bond motifs is 1. The molecule has 1 aromatic carbocycles. The summed E-state index contributed by atoms with van der Waals surface area (Å²) in [4.78, 5) is 2.64. The molecule has 0 radical (unpaired) electrons. The molecule has 0 aromatic heterocycles. The van der Waals surface area contributed by atoms with Gasteiger partial charge in [-0.3, -0.25) is 0 Å². The third-order valence-electron chi connectivity index (χ3n) is 5.36. The van der Waals surface area contributed by atoms with Crippen LogP contribution in [-0.2, 0) is 12.0 Å². The van der Waals surface area contributed by atoms with Crippen molar-refractivity contribution in [1.29, 1.82) is 0 Å². The molecule has 2 aliphatic heterocycles. The highest BCUT2D eigenvalue weighted by molar-refractivity contribution is 5.67. The molecular formula is C16H22N2. The lowest BCUT2D eigenvalue weighted by atomic mass is 9.59. The third kappa shape index (κ3) is 1.33. The van der Waals surface area contributed by atoms with Crippen LogP contribution in [0.5, 0.6) is 0 Å². The van der Waals surface area contributed by atoms with Crippen molar-refractivity contribution in [2.24, 2.45) is 0 Å². The maximum Gasteiger partial charge on any atom is 0.0453 e. The van der Waals surface area contributed by atoms with E-state index in [1.165, 1.54) is 49.9 Å². The lowest BCUT2D eigenvalue weighted by Gasteiger charge is -2.50. The van der Waals surface area contributed by atoms with Gasteiger partial charge in [0.15, 0.2) is 0 Å². The lowest BCUT2D eigenvalue weighted by molar-refractivity contribution is 0.219. The zero-order chi connectivity index (χ0) is 12.2. The van der Waals surface area contributed by atoms with Gasteiger partial charge in [-0.2, -0.15) is 0 Å². The van der Waals surface area contributed by atoms with Gasteiger partial charge in [-0.05, 0) is 48.3 Å². The normalized spacial score (nSPS) is 24.4. The standard InChI is InChI=1S/C16H22N2/c1-12-3-4-13-11-17-8-10-18-9-7-16(5-2-6-16)14(12)15(13)18/h3-4,17H,2,5-11H2,1H3. The molecule has 1 aromatic rings. The summed E-state index contributed by atoms with van der Waals surface area (Å²) in [6, 6.07) is 4.70. The van der Waals surface area contributed by atoms with Crippen LogP contribution in [0.1, 0.15) is 42.4 Å². The topological polar surface area (TPSA) is 15.3 Å². The van der Waals surface area contributed by atoms with E-state index < -0.39 is 0 Å². The summed E-state index contributed by atoms with van der Waals surface area (Å²) in [6.07, 6.45) is 5.66. The first kappa shape index (κ1) is 10.9. The number of nitrogens with zero attached hydrogens (tertiary/aromatic N) is 1. The van der Waals surface area contributed by atoms with E-state index in [0.717, 1.165) is 13.1 Å². The van der Waals surface area contributed by atoms with Crippen LogP contribution >= 0.6 is 0 Å². The first-order chi connectivity index (χ1) is 8.80. The van der Waals surface area contributed by atoms with E-state index in [2.05, 4.69) is 29.3 Å². The van der Waals surface area contributed by atoms with Gasteiger partial charge in [-0.1, -0.05) is 18.6 Å². The number of benzene rings is 1. The van der Waals surface area contributed by atoms with Crippen LogP contribution < -0.4 is 10.2 Å².